The summed E-state index contributed by atoms with van der Waals surface area (Å²) in [6.45, 7) is 5.16. The molecule has 0 aromatic rings. The van der Waals surface area contributed by atoms with Gasteiger partial charge in [-0.05, 0) is 20.8 Å². The first-order valence-electron chi connectivity index (χ1n) is 3.48. The van der Waals surface area contributed by atoms with Gasteiger partial charge in [-0.3, -0.25) is 10.1 Å². The van der Waals surface area contributed by atoms with Crippen molar-refractivity contribution in [3.05, 3.63) is 0 Å². The van der Waals surface area contributed by atoms with E-state index < -0.39 is 12.0 Å². The maximum Gasteiger partial charge on any atom is 0.323 e. The Morgan fingerprint density at radius 1 is 1.55 bits per heavy atom. The van der Waals surface area contributed by atoms with Gasteiger partial charge >= 0.3 is 5.97 Å². The molecule has 0 amide bonds. The van der Waals surface area contributed by atoms with Crippen LogP contribution in [0.25, 0.3) is 0 Å². The first-order chi connectivity index (χ1) is 4.87. The number of rotatable bonds is 3. The molecule has 0 aliphatic heterocycles. The van der Waals surface area contributed by atoms with Crippen molar-refractivity contribution in [2.24, 2.45) is 0 Å². The van der Waals surface area contributed by atoms with E-state index in [1.807, 2.05) is 20.8 Å². The highest BCUT2D eigenvalue weighted by molar-refractivity contribution is 5.73. The molecule has 11 heavy (non-hydrogen) atoms. The third-order valence-corrected chi connectivity index (χ3v) is 1.09. The van der Waals surface area contributed by atoms with Gasteiger partial charge in [0.2, 0.25) is 0 Å². The fraction of sp³-hybridized carbons (Fsp3) is 0.857. The molecule has 0 heterocycles. The van der Waals surface area contributed by atoms with E-state index in [1.54, 1.807) is 0 Å². The van der Waals surface area contributed by atoms with Crippen LogP contribution in [-0.4, -0.2) is 34.4 Å². The number of carboxylic acid groups (broad SMARTS) is 1. The highest BCUT2D eigenvalue weighted by Gasteiger charge is 2.21. The molecular weight excluding hydrogens is 146 g/mol. The summed E-state index contributed by atoms with van der Waals surface area (Å²) >= 11 is 0. The number of hydrogen-bond donors (Lipinski definition) is 3. The van der Waals surface area contributed by atoms with Gasteiger partial charge in [-0.15, -0.1) is 0 Å². The van der Waals surface area contributed by atoms with Crippen LogP contribution >= 0.6 is 0 Å². The number of carboxylic acids is 1. The summed E-state index contributed by atoms with van der Waals surface area (Å²) in [5, 5.41) is 19.9. The highest BCUT2D eigenvalue weighted by atomic mass is 16.4. The van der Waals surface area contributed by atoms with E-state index in [-0.39, 0.29) is 12.1 Å². The van der Waals surface area contributed by atoms with Crippen LogP contribution in [0.5, 0.6) is 0 Å². The number of aliphatic hydroxyl groups excluding tert-OH is 1. The van der Waals surface area contributed by atoms with E-state index in [0.717, 1.165) is 0 Å². The Morgan fingerprint density at radius 2 is 2.00 bits per heavy atom. The van der Waals surface area contributed by atoms with Crippen LogP contribution in [-0.2, 0) is 4.79 Å². The van der Waals surface area contributed by atoms with Crippen molar-refractivity contribution < 1.29 is 15.0 Å². The van der Waals surface area contributed by atoms with E-state index in [1.165, 1.54) is 0 Å². The minimum Gasteiger partial charge on any atom is -0.480 e. The van der Waals surface area contributed by atoms with Crippen molar-refractivity contribution in [3.8, 4) is 0 Å². The van der Waals surface area contributed by atoms with Crippen molar-refractivity contribution in [1.82, 2.24) is 5.32 Å². The fourth-order valence-corrected chi connectivity index (χ4v) is 0.708. The van der Waals surface area contributed by atoms with Gasteiger partial charge in [-0.2, -0.15) is 0 Å². The molecule has 0 rings (SSSR count). The van der Waals surface area contributed by atoms with Gasteiger partial charge in [0.25, 0.3) is 0 Å². The molecule has 0 saturated heterocycles. The largest absolute Gasteiger partial charge is 0.480 e. The summed E-state index contributed by atoms with van der Waals surface area (Å²) in [5.41, 5.74) is -0.286. The smallest absolute Gasteiger partial charge is 0.323 e. The fourth-order valence-electron chi connectivity index (χ4n) is 0.708. The molecule has 1 atom stereocenters. The van der Waals surface area contributed by atoms with Crippen LogP contribution in [0.3, 0.4) is 0 Å². The Labute approximate surface area is 66.2 Å². The standard InChI is InChI=1S/C7H15NO3/c1-7(2,3)8-5(4-9)6(10)11/h5,8-9H,4H2,1-3H3,(H,10,11)/t5-/m1/s1. The summed E-state index contributed by atoms with van der Waals surface area (Å²) in [6.07, 6.45) is 0. The molecule has 0 aromatic carbocycles. The number of carbonyl (C=O) groups is 1. The quantitative estimate of drug-likeness (QED) is 0.537. The predicted octanol–water partition coefficient (Wildman–Crippen LogP) is -0.180. The molecule has 0 spiro atoms. The zero-order valence-corrected chi connectivity index (χ0v) is 7.09. The average Bonchev–Trinajstić information content (AvgIpc) is 1.80. The van der Waals surface area contributed by atoms with Crippen LogP contribution in [0, 0.1) is 0 Å². The molecule has 4 heteroatoms. The lowest BCUT2D eigenvalue weighted by atomic mass is 10.1. The Balaban J connectivity index is 3.99. The van der Waals surface area contributed by atoms with Gasteiger partial charge in [-0.1, -0.05) is 0 Å². The van der Waals surface area contributed by atoms with Gasteiger partial charge in [0.05, 0.1) is 6.61 Å². The second kappa shape index (κ2) is 3.69. The van der Waals surface area contributed by atoms with Gasteiger partial charge in [0.1, 0.15) is 6.04 Å². The Hall–Kier alpha value is -0.610. The zero-order chi connectivity index (χ0) is 9.07. The topological polar surface area (TPSA) is 69.6 Å². The van der Waals surface area contributed by atoms with Gasteiger partial charge < -0.3 is 10.2 Å². The molecule has 0 aliphatic carbocycles. The molecule has 0 aliphatic rings. The molecular formula is C7H15NO3. The summed E-state index contributed by atoms with van der Waals surface area (Å²) < 4.78 is 0. The average molecular weight is 161 g/mol. The Morgan fingerprint density at radius 3 is 2.09 bits per heavy atom. The summed E-state index contributed by atoms with van der Waals surface area (Å²) in [7, 11) is 0. The number of nitrogens with one attached hydrogen (secondary N) is 1. The summed E-state index contributed by atoms with van der Waals surface area (Å²) in [4.78, 5) is 10.4. The number of hydrogen-bond acceptors (Lipinski definition) is 3. The Bertz CT molecular complexity index is 139. The molecule has 0 aromatic heterocycles. The molecule has 0 saturated carbocycles. The molecule has 0 fully saturated rings. The van der Waals surface area contributed by atoms with Gasteiger partial charge in [-0.25, -0.2) is 0 Å². The van der Waals surface area contributed by atoms with Crippen molar-refractivity contribution in [3.63, 3.8) is 0 Å². The molecule has 0 unspecified atom stereocenters. The third-order valence-electron chi connectivity index (χ3n) is 1.09. The lowest BCUT2D eigenvalue weighted by molar-refractivity contribution is -0.141. The lowest BCUT2D eigenvalue weighted by Crippen LogP contribution is -2.49. The minimum atomic E-state index is -1.03. The first kappa shape index (κ1) is 10.4. The first-order valence-corrected chi connectivity index (χ1v) is 3.48. The molecule has 4 nitrogen and oxygen atoms in total. The highest BCUT2D eigenvalue weighted by Crippen LogP contribution is 2.00. The second-order valence-corrected chi connectivity index (χ2v) is 3.47. The molecule has 3 N–H and O–H groups in total. The molecule has 0 radical (unpaired) electrons. The van der Waals surface area contributed by atoms with Crippen LogP contribution in [0.4, 0.5) is 0 Å². The maximum absolute atomic E-state index is 10.4. The van der Waals surface area contributed by atoms with Crippen molar-refractivity contribution >= 4 is 5.97 Å². The van der Waals surface area contributed by atoms with Crippen LogP contribution in [0.2, 0.25) is 0 Å². The van der Waals surface area contributed by atoms with E-state index >= 15 is 0 Å². The SMILES string of the molecule is CC(C)(C)N[C@H](CO)C(=O)O. The van der Waals surface area contributed by atoms with E-state index in [0.29, 0.717) is 0 Å². The monoisotopic (exact) mass is 161 g/mol. The van der Waals surface area contributed by atoms with Gasteiger partial charge in [0.15, 0.2) is 0 Å². The van der Waals surface area contributed by atoms with Crippen molar-refractivity contribution in [1.29, 1.82) is 0 Å². The molecule has 0 bridgehead atoms. The zero-order valence-electron chi connectivity index (χ0n) is 7.09. The third kappa shape index (κ3) is 4.75. The number of aliphatic carboxylic acids is 1. The number of aliphatic hydroxyl groups is 1. The minimum absolute atomic E-state index is 0.286. The predicted molar refractivity (Wildman–Crippen MR) is 41.4 cm³/mol. The normalized spacial score (nSPS) is 14.5. The summed E-state index contributed by atoms with van der Waals surface area (Å²) in [6, 6.07) is -0.866. The van der Waals surface area contributed by atoms with E-state index in [2.05, 4.69) is 5.32 Å². The van der Waals surface area contributed by atoms with Crippen molar-refractivity contribution in [2.45, 2.75) is 32.4 Å². The molecule has 66 valence electrons. The second-order valence-electron chi connectivity index (χ2n) is 3.47. The van der Waals surface area contributed by atoms with Crippen LogP contribution < -0.4 is 5.32 Å². The maximum atomic E-state index is 10.4. The van der Waals surface area contributed by atoms with Gasteiger partial charge in [0, 0.05) is 5.54 Å². The van der Waals surface area contributed by atoms with Crippen molar-refractivity contribution in [2.75, 3.05) is 6.61 Å². The van der Waals surface area contributed by atoms with Crippen LogP contribution in [0.15, 0.2) is 0 Å². The Kier molecular flexibility index (Phi) is 3.48. The van der Waals surface area contributed by atoms with E-state index in [9.17, 15) is 4.79 Å². The van der Waals surface area contributed by atoms with E-state index in [4.69, 9.17) is 10.2 Å². The lowest BCUT2D eigenvalue weighted by Gasteiger charge is -2.24. The van der Waals surface area contributed by atoms with Crippen LogP contribution in [0.1, 0.15) is 20.8 Å². The summed E-state index contributed by atoms with van der Waals surface area (Å²) in [5.74, 6) is -1.03.